The highest BCUT2D eigenvalue weighted by molar-refractivity contribution is 7.92. The maximum atomic E-state index is 11.6. The number of hydrogen-bond donors (Lipinski definition) is 1. The molecular formula is C9H11ClN2O4S. The van der Waals surface area contributed by atoms with Gasteiger partial charge in [0.25, 0.3) is 0 Å². The number of hydrogen-bond acceptors (Lipinski definition) is 4. The predicted octanol–water partition coefficient (Wildman–Crippen LogP) is 1.22. The van der Waals surface area contributed by atoms with E-state index in [-0.39, 0.29) is 22.2 Å². The number of carboxylic acids is 1. The number of pyridine rings is 1. The molecule has 0 fully saturated rings. The molecule has 0 unspecified atom stereocenters. The average molecular weight is 279 g/mol. The van der Waals surface area contributed by atoms with Crippen LogP contribution in [-0.2, 0) is 10.0 Å². The molecular weight excluding hydrogens is 268 g/mol. The van der Waals surface area contributed by atoms with E-state index in [9.17, 15) is 13.2 Å². The lowest BCUT2D eigenvalue weighted by molar-refractivity contribution is 0.0697. The van der Waals surface area contributed by atoms with Gasteiger partial charge in [-0.1, -0.05) is 11.6 Å². The Labute approximate surface area is 104 Å². The van der Waals surface area contributed by atoms with Gasteiger partial charge in [0.2, 0.25) is 10.0 Å². The van der Waals surface area contributed by atoms with Crippen LogP contribution in [0.15, 0.2) is 12.3 Å². The van der Waals surface area contributed by atoms with E-state index in [2.05, 4.69) is 4.98 Å². The minimum atomic E-state index is -3.47. The van der Waals surface area contributed by atoms with Crippen molar-refractivity contribution in [3.63, 3.8) is 0 Å². The second kappa shape index (κ2) is 4.89. The molecule has 0 radical (unpaired) electrons. The van der Waals surface area contributed by atoms with Crippen molar-refractivity contribution < 1.29 is 18.3 Å². The van der Waals surface area contributed by atoms with Crippen molar-refractivity contribution in [3.05, 3.63) is 22.8 Å². The lowest BCUT2D eigenvalue weighted by atomic mass is 10.2. The first-order chi connectivity index (χ1) is 7.79. The highest BCUT2D eigenvalue weighted by Gasteiger charge is 2.19. The normalized spacial score (nSPS) is 11.2. The molecule has 0 bridgehead atoms. The topological polar surface area (TPSA) is 87.6 Å². The van der Waals surface area contributed by atoms with E-state index in [1.807, 2.05) is 0 Å². The number of carboxylic acid groups (broad SMARTS) is 1. The standard InChI is InChI=1S/C9H11ClN2O4S/c1-3-17(15,16)12(2)8-4-6(9(13)14)7(10)5-11-8/h4-5H,3H2,1-2H3,(H,13,14). The molecule has 1 rings (SSSR count). The van der Waals surface area contributed by atoms with Crippen molar-refractivity contribution in [1.82, 2.24) is 4.98 Å². The first kappa shape index (κ1) is 13.7. The van der Waals surface area contributed by atoms with Crippen LogP contribution in [-0.4, -0.2) is 37.3 Å². The summed E-state index contributed by atoms with van der Waals surface area (Å²) in [6, 6.07) is 1.12. The molecule has 0 aromatic carbocycles. The lowest BCUT2D eigenvalue weighted by Gasteiger charge is -2.17. The zero-order valence-electron chi connectivity index (χ0n) is 9.21. The third-order valence-electron chi connectivity index (χ3n) is 2.18. The molecule has 1 heterocycles. The van der Waals surface area contributed by atoms with E-state index in [1.165, 1.54) is 14.0 Å². The number of halogens is 1. The largest absolute Gasteiger partial charge is 0.478 e. The first-order valence-corrected chi connectivity index (χ1v) is 6.63. The molecule has 94 valence electrons. The highest BCUT2D eigenvalue weighted by atomic mass is 35.5. The first-order valence-electron chi connectivity index (χ1n) is 4.65. The second-order valence-corrected chi connectivity index (χ2v) is 5.89. The maximum Gasteiger partial charge on any atom is 0.337 e. The summed E-state index contributed by atoms with van der Waals surface area (Å²) in [7, 11) is -2.17. The van der Waals surface area contributed by atoms with Gasteiger partial charge in [0.15, 0.2) is 0 Å². The number of rotatable bonds is 4. The van der Waals surface area contributed by atoms with E-state index in [0.29, 0.717) is 0 Å². The van der Waals surface area contributed by atoms with Crippen molar-refractivity contribution in [3.8, 4) is 0 Å². The van der Waals surface area contributed by atoms with Gasteiger partial charge in [0.05, 0.1) is 16.3 Å². The summed E-state index contributed by atoms with van der Waals surface area (Å²) in [5, 5.41) is 8.81. The number of anilines is 1. The van der Waals surface area contributed by atoms with Gasteiger partial charge < -0.3 is 5.11 Å². The molecule has 0 saturated heterocycles. The van der Waals surface area contributed by atoms with Gasteiger partial charge in [-0.05, 0) is 13.0 Å². The molecule has 0 saturated carbocycles. The van der Waals surface area contributed by atoms with Crippen LogP contribution in [0.25, 0.3) is 0 Å². The summed E-state index contributed by atoms with van der Waals surface area (Å²) in [5.41, 5.74) is -0.185. The van der Waals surface area contributed by atoms with Crippen LogP contribution in [0.5, 0.6) is 0 Å². The van der Waals surface area contributed by atoms with E-state index in [4.69, 9.17) is 16.7 Å². The predicted molar refractivity (Wildman–Crippen MR) is 64.1 cm³/mol. The van der Waals surface area contributed by atoms with Gasteiger partial charge >= 0.3 is 5.97 Å². The lowest BCUT2D eigenvalue weighted by Crippen LogP contribution is -2.29. The molecule has 1 aromatic heterocycles. The molecule has 0 aliphatic heterocycles. The van der Waals surface area contributed by atoms with Crippen molar-refractivity contribution in [2.24, 2.45) is 0 Å². The third kappa shape index (κ3) is 2.86. The van der Waals surface area contributed by atoms with Gasteiger partial charge in [0, 0.05) is 13.2 Å². The van der Waals surface area contributed by atoms with Crippen molar-refractivity contribution in [2.45, 2.75) is 6.92 Å². The SMILES string of the molecule is CCS(=O)(=O)N(C)c1cc(C(=O)O)c(Cl)cn1. The molecule has 17 heavy (non-hydrogen) atoms. The molecule has 0 aliphatic carbocycles. The second-order valence-electron chi connectivity index (χ2n) is 3.20. The highest BCUT2D eigenvalue weighted by Crippen LogP contribution is 2.21. The van der Waals surface area contributed by atoms with Crippen LogP contribution in [0.4, 0.5) is 5.82 Å². The molecule has 0 atom stereocenters. The summed E-state index contributed by atoms with van der Waals surface area (Å²) in [6.45, 7) is 1.49. The average Bonchev–Trinajstić information content (AvgIpc) is 2.28. The smallest absolute Gasteiger partial charge is 0.337 e. The van der Waals surface area contributed by atoms with Crippen LogP contribution < -0.4 is 4.31 Å². The zero-order valence-corrected chi connectivity index (χ0v) is 10.8. The van der Waals surface area contributed by atoms with Crippen LogP contribution >= 0.6 is 11.6 Å². The Morgan fingerprint density at radius 1 is 1.59 bits per heavy atom. The monoisotopic (exact) mass is 278 g/mol. The maximum absolute atomic E-state index is 11.6. The Hall–Kier alpha value is -1.34. The van der Waals surface area contributed by atoms with E-state index < -0.39 is 16.0 Å². The molecule has 8 heteroatoms. The van der Waals surface area contributed by atoms with E-state index >= 15 is 0 Å². The Bertz CT molecular complexity index is 544. The van der Waals surface area contributed by atoms with Gasteiger partial charge in [-0.3, -0.25) is 4.31 Å². The fourth-order valence-electron chi connectivity index (χ4n) is 1.10. The number of aromatic carboxylic acids is 1. The molecule has 1 aromatic rings. The van der Waals surface area contributed by atoms with Crippen LogP contribution in [0.1, 0.15) is 17.3 Å². The van der Waals surface area contributed by atoms with Crippen molar-refractivity contribution in [2.75, 3.05) is 17.1 Å². The number of sulfonamides is 1. The minimum absolute atomic E-state index is 0.0219. The summed E-state index contributed by atoms with van der Waals surface area (Å²) < 4.78 is 24.1. The summed E-state index contributed by atoms with van der Waals surface area (Å²) in [5.74, 6) is -1.31. The number of nitrogens with zero attached hydrogens (tertiary/aromatic N) is 2. The van der Waals surface area contributed by atoms with Crippen LogP contribution in [0.2, 0.25) is 5.02 Å². The quantitative estimate of drug-likeness (QED) is 0.895. The van der Waals surface area contributed by atoms with E-state index in [1.54, 1.807) is 0 Å². The third-order valence-corrected chi connectivity index (χ3v) is 4.23. The van der Waals surface area contributed by atoms with Crippen LogP contribution in [0, 0.1) is 0 Å². The zero-order chi connectivity index (χ0) is 13.2. The molecule has 1 N–H and O–H groups in total. The molecule has 0 amide bonds. The fourth-order valence-corrected chi connectivity index (χ4v) is 2.06. The Kier molecular flexibility index (Phi) is 3.94. The Morgan fingerprint density at radius 3 is 2.65 bits per heavy atom. The van der Waals surface area contributed by atoms with Gasteiger partial charge in [-0.15, -0.1) is 0 Å². The van der Waals surface area contributed by atoms with Gasteiger partial charge in [-0.2, -0.15) is 0 Å². The van der Waals surface area contributed by atoms with Crippen LogP contribution in [0.3, 0.4) is 0 Å². The van der Waals surface area contributed by atoms with E-state index in [0.717, 1.165) is 16.6 Å². The molecule has 6 nitrogen and oxygen atoms in total. The molecule has 0 spiro atoms. The summed E-state index contributed by atoms with van der Waals surface area (Å²) in [4.78, 5) is 14.6. The Morgan fingerprint density at radius 2 is 2.18 bits per heavy atom. The fraction of sp³-hybridized carbons (Fsp3) is 0.333. The van der Waals surface area contributed by atoms with Crippen molar-refractivity contribution in [1.29, 1.82) is 0 Å². The Balaban J connectivity index is 3.26. The summed E-state index contributed by atoms with van der Waals surface area (Å²) in [6.07, 6.45) is 1.11. The number of aromatic nitrogens is 1. The van der Waals surface area contributed by atoms with Crippen molar-refractivity contribution >= 4 is 33.4 Å². The van der Waals surface area contributed by atoms with Gasteiger partial charge in [0.1, 0.15) is 5.82 Å². The summed E-state index contributed by atoms with van der Waals surface area (Å²) >= 11 is 5.63. The molecule has 0 aliphatic rings. The number of carbonyl (C=O) groups is 1. The van der Waals surface area contributed by atoms with Gasteiger partial charge in [-0.25, -0.2) is 18.2 Å². The minimum Gasteiger partial charge on any atom is -0.478 e.